The van der Waals surface area contributed by atoms with E-state index in [1.165, 1.54) is 0 Å². The maximum Gasteiger partial charge on any atom is 0.407 e. The first-order chi connectivity index (χ1) is 16.6. The molecule has 0 aliphatic carbocycles. The van der Waals surface area contributed by atoms with Crippen molar-refractivity contribution in [3.05, 3.63) is 64.2 Å². The summed E-state index contributed by atoms with van der Waals surface area (Å²) in [5.74, 6) is -0.434. The summed E-state index contributed by atoms with van der Waals surface area (Å²) in [6.07, 6.45) is 5.36. The van der Waals surface area contributed by atoms with Gasteiger partial charge >= 0.3 is 6.09 Å². The monoisotopic (exact) mass is 550 g/mol. The van der Waals surface area contributed by atoms with Crippen LogP contribution in [0.1, 0.15) is 51.1 Å². The second kappa shape index (κ2) is 10.7. The lowest BCUT2D eigenvalue weighted by Gasteiger charge is -2.42. The third-order valence-corrected chi connectivity index (χ3v) is 6.40. The molecule has 1 unspecified atom stereocenters. The van der Waals surface area contributed by atoms with Gasteiger partial charge in [-0.1, -0.05) is 6.08 Å². The van der Waals surface area contributed by atoms with E-state index in [9.17, 15) is 13.6 Å². The molecule has 1 amide bonds. The van der Waals surface area contributed by atoms with Gasteiger partial charge in [-0.15, -0.1) is 0 Å². The number of nitrogens with zero attached hydrogens (tertiary/aromatic N) is 3. The first-order valence-electron chi connectivity index (χ1n) is 11.6. The average molecular weight is 551 g/mol. The number of alkyl carbamates (subject to hydrolysis) is 1. The standard InChI is InChI=1S/C25H29BrF2N4O3/c1-25(2,3)35-24(33)31-21-11-18(14-34-22(21)19-10-17(27)4-5-20(19)28)32-8-6-15(7-9-32)23-29-12-16(26)13-30-23/h4-6,10,12-13,18,21-22H,7-9,11,14H2,1-3H3,(H,31,33)/t18?,21-,22+/m0/s1. The number of amides is 1. The van der Waals surface area contributed by atoms with E-state index in [1.54, 1.807) is 33.2 Å². The van der Waals surface area contributed by atoms with Crippen LogP contribution >= 0.6 is 15.9 Å². The maximum atomic E-state index is 14.6. The maximum absolute atomic E-state index is 14.6. The Morgan fingerprint density at radius 1 is 1.26 bits per heavy atom. The zero-order valence-electron chi connectivity index (χ0n) is 19.9. The van der Waals surface area contributed by atoms with Crippen LogP contribution in [0.4, 0.5) is 13.6 Å². The van der Waals surface area contributed by atoms with E-state index in [-0.39, 0.29) is 11.6 Å². The Morgan fingerprint density at radius 2 is 2.00 bits per heavy atom. The molecule has 2 aromatic rings. The van der Waals surface area contributed by atoms with Gasteiger partial charge in [0.1, 0.15) is 23.3 Å². The number of ether oxygens (including phenoxy) is 2. The predicted molar refractivity (Wildman–Crippen MR) is 131 cm³/mol. The van der Waals surface area contributed by atoms with Gasteiger partial charge in [0.25, 0.3) is 0 Å². The molecule has 0 bridgehead atoms. The third kappa shape index (κ3) is 6.62. The SMILES string of the molecule is CC(C)(C)OC(=O)N[C@H]1CC(N2CC=C(c3ncc(Br)cn3)CC2)CO[C@@H]1c1cc(F)ccc1F. The lowest BCUT2D eigenvalue weighted by atomic mass is 9.91. The highest BCUT2D eigenvalue weighted by atomic mass is 79.9. The lowest BCUT2D eigenvalue weighted by Crippen LogP contribution is -2.53. The second-order valence-electron chi connectivity index (χ2n) is 9.76. The van der Waals surface area contributed by atoms with E-state index in [4.69, 9.17) is 9.47 Å². The molecular weight excluding hydrogens is 522 g/mol. The van der Waals surface area contributed by atoms with Crippen molar-refractivity contribution >= 4 is 27.6 Å². The van der Waals surface area contributed by atoms with Crippen molar-refractivity contribution in [1.82, 2.24) is 20.2 Å². The highest BCUT2D eigenvalue weighted by molar-refractivity contribution is 9.10. The molecule has 0 spiro atoms. The average Bonchev–Trinajstić information content (AvgIpc) is 2.80. The molecule has 1 aromatic carbocycles. The summed E-state index contributed by atoms with van der Waals surface area (Å²) in [5, 5.41) is 2.84. The Kier molecular flexibility index (Phi) is 7.83. The van der Waals surface area contributed by atoms with Gasteiger partial charge in [-0.25, -0.2) is 23.5 Å². The van der Waals surface area contributed by atoms with Crippen LogP contribution in [0, 0.1) is 11.6 Å². The van der Waals surface area contributed by atoms with E-state index >= 15 is 0 Å². The molecule has 4 rings (SSSR count). The summed E-state index contributed by atoms with van der Waals surface area (Å²) in [4.78, 5) is 23.6. The lowest BCUT2D eigenvalue weighted by molar-refractivity contribution is -0.0595. The molecule has 35 heavy (non-hydrogen) atoms. The third-order valence-electron chi connectivity index (χ3n) is 5.99. The fourth-order valence-electron chi connectivity index (χ4n) is 4.40. The van der Waals surface area contributed by atoms with E-state index < -0.39 is 35.5 Å². The topological polar surface area (TPSA) is 76.6 Å². The molecule has 0 radical (unpaired) electrons. The van der Waals surface area contributed by atoms with Crippen molar-refractivity contribution in [2.24, 2.45) is 0 Å². The van der Waals surface area contributed by atoms with Gasteiger partial charge in [0.05, 0.1) is 17.1 Å². The predicted octanol–water partition coefficient (Wildman–Crippen LogP) is 5.03. The van der Waals surface area contributed by atoms with E-state index in [0.717, 1.165) is 41.2 Å². The van der Waals surface area contributed by atoms with E-state index in [0.29, 0.717) is 25.4 Å². The number of rotatable bonds is 4. The fraction of sp³-hybridized carbons (Fsp3) is 0.480. The smallest absolute Gasteiger partial charge is 0.407 e. The zero-order chi connectivity index (χ0) is 25.2. The van der Waals surface area contributed by atoms with Gasteiger partial charge in [-0.05, 0) is 73.3 Å². The minimum absolute atomic E-state index is 0.0218. The normalized spacial score (nSPS) is 23.5. The number of carbonyl (C=O) groups excluding carboxylic acids is 1. The molecule has 7 nitrogen and oxygen atoms in total. The van der Waals surface area contributed by atoms with Crippen molar-refractivity contribution in [2.45, 2.75) is 57.4 Å². The van der Waals surface area contributed by atoms with Gasteiger partial charge in [-0.2, -0.15) is 0 Å². The number of nitrogens with one attached hydrogen (secondary N) is 1. The quantitative estimate of drug-likeness (QED) is 0.575. The van der Waals surface area contributed by atoms with Gasteiger partial charge in [-0.3, -0.25) is 4.90 Å². The molecule has 0 saturated carbocycles. The Hall–Kier alpha value is -2.43. The van der Waals surface area contributed by atoms with Crippen LogP contribution in [-0.4, -0.2) is 58.3 Å². The fourth-order valence-corrected chi connectivity index (χ4v) is 4.61. The van der Waals surface area contributed by atoms with Crippen LogP contribution in [0.25, 0.3) is 5.57 Å². The second-order valence-corrected chi connectivity index (χ2v) is 10.7. The molecule has 2 aliphatic heterocycles. The van der Waals surface area contributed by atoms with Crippen LogP contribution in [0.2, 0.25) is 0 Å². The minimum Gasteiger partial charge on any atom is -0.444 e. The number of benzene rings is 1. The molecule has 1 N–H and O–H groups in total. The number of carbonyl (C=O) groups is 1. The molecule has 1 fully saturated rings. The summed E-state index contributed by atoms with van der Waals surface area (Å²) in [6.45, 7) is 7.05. The molecule has 10 heteroatoms. The highest BCUT2D eigenvalue weighted by Gasteiger charge is 2.38. The molecule has 3 heterocycles. The van der Waals surface area contributed by atoms with Gasteiger partial charge in [0, 0.05) is 37.1 Å². The molecule has 1 saturated heterocycles. The molecule has 2 aliphatic rings. The first-order valence-corrected chi connectivity index (χ1v) is 12.4. The summed E-state index contributed by atoms with van der Waals surface area (Å²) >= 11 is 3.35. The molecule has 1 aromatic heterocycles. The molecule has 188 valence electrons. The summed E-state index contributed by atoms with van der Waals surface area (Å²) in [7, 11) is 0. The minimum atomic E-state index is -0.832. The highest BCUT2D eigenvalue weighted by Crippen LogP contribution is 2.34. The van der Waals surface area contributed by atoms with Crippen LogP contribution in [0.3, 0.4) is 0 Å². The van der Waals surface area contributed by atoms with E-state index in [1.807, 2.05) is 0 Å². The number of aromatic nitrogens is 2. The largest absolute Gasteiger partial charge is 0.444 e. The molecule has 3 atom stereocenters. The number of halogens is 3. The van der Waals surface area contributed by atoms with Gasteiger partial charge < -0.3 is 14.8 Å². The Labute approximate surface area is 212 Å². The van der Waals surface area contributed by atoms with Crippen molar-refractivity contribution < 1.29 is 23.0 Å². The summed E-state index contributed by atoms with van der Waals surface area (Å²) in [5.41, 5.74) is 0.466. The van der Waals surface area contributed by atoms with Crippen molar-refractivity contribution in [2.75, 3.05) is 19.7 Å². The summed E-state index contributed by atoms with van der Waals surface area (Å²) in [6, 6.07) is 2.64. The first kappa shape index (κ1) is 25.7. The van der Waals surface area contributed by atoms with Gasteiger partial charge in [0.2, 0.25) is 0 Å². The molecular formula is C25H29BrF2N4O3. The Bertz CT molecular complexity index is 1090. The summed E-state index contributed by atoms with van der Waals surface area (Å²) < 4.78 is 40.8. The van der Waals surface area contributed by atoms with Crippen molar-refractivity contribution in [3.8, 4) is 0 Å². The van der Waals surface area contributed by atoms with Crippen molar-refractivity contribution in [3.63, 3.8) is 0 Å². The number of hydrogen-bond acceptors (Lipinski definition) is 6. The van der Waals surface area contributed by atoms with Crippen molar-refractivity contribution in [1.29, 1.82) is 0 Å². The van der Waals surface area contributed by atoms with E-state index in [2.05, 4.69) is 42.2 Å². The van der Waals surface area contributed by atoms with Crippen LogP contribution < -0.4 is 5.32 Å². The number of hydrogen-bond donors (Lipinski definition) is 1. The zero-order valence-corrected chi connectivity index (χ0v) is 21.5. The Balaban J connectivity index is 1.49. The van der Waals surface area contributed by atoms with Crippen LogP contribution in [-0.2, 0) is 9.47 Å². The Morgan fingerprint density at radius 3 is 2.66 bits per heavy atom. The van der Waals surface area contributed by atoms with Crippen LogP contribution in [0.5, 0.6) is 0 Å². The van der Waals surface area contributed by atoms with Gasteiger partial charge in [0.15, 0.2) is 5.82 Å². The van der Waals surface area contributed by atoms with Crippen LogP contribution in [0.15, 0.2) is 41.1 Å².